The van der Waals surface area contributed by atoms with E-state index in [4.69, 9.17) is 37.9 Å². The summed E-state index contributed by atoms with van der Waals surface area (Å²) in [6, 6.07) is 129. The Hall–Kier alpha value is -13.6. The molecule has 0 atom stereocenters. The molecule has 8 aromatic heterocycles. The van der Waals surface area contributed by atoms with E-state index in [9.17, 15) is 0 Å². The molecule has 0 aliphatic heterocycles. The van der Waals surface area contributed by atoms with E-state index in [2.05, 4.69) is 352 Å². The molecular weight excluding hydrogens is 1750 g/mol. The van der Waals surface area contributed by atoms with Gasteiger partial charge in [-0.05, 0) is 391 Å². The molecule has 0 amide bonds. The highest BCUT2D eigenvalue weighted by Gasteiger charge is 2.28. The van der Waals surface area contributed by atoms with Gasteiger partial charge in [0.2, 0.25) is 0 Å². The number of methoxy groups -OCH3 is 8. The van der Waals surface area contributed by atoms with Gasteiger partial charge < -0.3 is 37.9 Å². The van der Waals surface area contributed by atoms with Gasteiger partial charge in [0, 0.05) is 121 Å². The number of hydrogen-bond donors (Lipinski definition) is 0. The summed E-state index contributed by atoms with van der Waals surface area (Å²) in [5.41, 5.74) is 13.3. The van der Waals surface area contributed by atoms with Crippen molar-refractivity contribution in [1.29, 1.82) is 0 Å². The molecule has 13 aromatic carbocycles. The minimum absolute atomic E-state index is 0.800. The van der Waals surface area contributed by atoms with Crippen LogP contribution in [0, 0.1) is 0 Å². The topological polar surface area (TPSA) is 73.8 Å². The lowest BCUT2D eigenvalue weighted by molar-refractivity contribution is 0.415. The maximum Gasteiger partial charge on any atom is 0.118 e. The second-order valence-corrected chi connectivity index (χ2v) is 39.8. The zero-order chi connectivity index (χ0) is 88.0. The van der Waals surface area contributed by atoms with Gasteiger partial charge in [-0.1, -0.05) is 48.5 Å². The van der Waals surface area contributed by atoms with Crippen molar-refractivity contribution in [3.8, 4) is 130 Å². The third-order valence-electron chi connectivity index (χ3n) is 24.0. The molecule has 0 radical (unpaired) electrons. The maximum atomic E-state index is 5.80. The van der Waals surface area contributed by atoms with Crippen LogP contribution >= 0.6 is 90.7 Å². The van der Waals surface area contributed by atoms with Gasteiger partial charge in [0.15, 0.2) is 0 Å². The summed E-state index contributed by atoms with van der Waals surface area (Å²) in [5, 5.41) is 13.2. The van der Waals surface area contributed by atoms with Crippen LogP contribution in [0.4, 0.5) is 0 Å². The van der Waals surface area contributed by atoms with E-state index < -0.39 is 0 Å². The number of benzene rings is 13. The molecule has 0 aliphatic rings. The zero-order valence-corrected chi connectivity index (χ0v) is 78.6. The summed E-state index contributed by atoms with van der Waals surface area (Å²) in [4.78, 5) is 18.0. The molecule has 130 heavy (non-hydrogen) atoms. The Labute approximate surface area is 785 Å². The lowest BCUT2D eigenvalue weighted by Gasteiger charge is -2.18. The van der Waals surface area contributed by atoms with E-state index >= 15 is 0 Å². The first-order chi connectivity index (χ1) is 64.0. The van der Waals surface area contributed by atoms with Crippen LogP contribution in [0.1, 0.15) is 39.0 Å². The van der Waals surface area contributed by atoms with Crippen LogP contribution in [0.25, 0.3) is 149 Å². The molecule has 8 heterocycles. The van der Waals surface area contributed by atoms with Gasteiger partial charge in [0.1, 0.15) is 46.0 Å². The van der Waals surface area contributed by atoms with Crippen LogP contribution in [-0.2, 0) is 0 Å². The minimum atomic E-state index is 0.800. The zero-order valence-electron chi connectivity index (χ0n) is 72.0. The van der Waals surface area contributed by atoms with Crippen molar-refractivity contribution >= 4 is 156 Å². The first-order valence-corrected chi connectivity index (χ1v) is 48.9. The molecule has 0 saturated carbocycles. The van der Waals surface area contributed by atoms with Crippen molar-refractivity contribution in [3.05, 3.63) is 412 Å². The van der Waals surface area contributed by atoms with Crippen LogP contribution in [-0.4, -0.2) is 56.9 Å². The van der Waals surface area contributed by atoms with Crippen molar-refractivity contribution in [1.82, 2.24) is 0 Å². The Morgan fingerprint density at radius 2 is 0.277 bits per heavy atom. The molecule has 16 heteroatoms. The van der Waals surface area contributed by atoms with Crippen molar-refractivity contribution in [2.75, 3.05) is 56.9 Å². The van der Waals surface area contributed by atoms with Gasteiger partial charge in [-0.15, -0.1) is 90.7 Å². The quantitative estimate of drug-likeness (QED) is 0.0554. The number of fused-ring (bicyclic) bond motifs is 4. The SMILES string of the molecule is COc1ccc(-c2ccc(C(c3ccc(-c4ccc(OC)cc4)s3)=c3c4ccccc4c(=C(c4ccc(-c5ccc(OC)cc5)s4)c4ccc(-c5ccc(OC)cc5)s4)c4cc5c(=C(c6ccc(-c7ccc(OC)cc7)s6)c6ccc(-c7ccc(OC)cc7)s6)c6ccccc6c(=C(c6ccc(-c7ccc(OC)cc7)s6)c6ccc(-c7ccc(OC)cc7)s6)c5cc34)s2)cc1. The molecule has 0 aliphatic carbocycles. The van der Waals surface area contributed by atoms with Gasteiger partial charge in [-0.25, -0.2) is 0 Å². The molecule has 634 valence electrons. The van der Waals surface area contributed by atoms with E-state index in [0.717, 1.165) is 255 Å². The van der Waals surface area contributed by atoms with Crippen LogP contribution in [0.15, 0.2) is 352 Å². The molecule has 0 fully saturated rings. The van der Waals surface area contributed by atoms with Crippen molar-refractivity contribution in [3.63, 3.8) is 0 Å². The highest BCUT2D eigenvalue weighted by atomic mass is 32.1. The Kier molecular flexibility index (Phi) is 23.2. The summed E-state index contributed by atoms with van der Waals surface area (Å²) >= 11 is 14.6. The highest BCUT2D eigenvalue weighted by Crippen LogP contribution is 2.48. The van der Waals surface area contributed by atoms with E-state index in [-0.39, 0.29) is 0 Å². The second kappa shape index (κ2) is 36.1. The van der Waals surface area contributed by atoms with Gasteiger partial charge in [-0.3, -0.25) is 0 Å². The maximum absolute atomic E-state index is 5.80. The summed E-state index contributed by atoms with van der Waals surface area (Å²) in [5.74, 6) is 6.40. The van der Waals surface area contributed by atoms with Gasteiger partial charge in [0.25, 0.3) is 0 Å². The Balaban J connectivity index is 1.02. The number of hydrogen-bond acceptors (Lipinski definition) is 16. The molecule has 21 rings (SSSR count). The minimum Gasteiger partial charge on any atom is -0.497 e. The molecular formula is C114H82O8S8. The highest BCUT2D eigenvalue weighted by molar-refractivity contribution is 7.21. The third-order valence-corrected chi connectivity index (χ3v) is 33.2. The first-order valence-electron chi connectivity index (χ1n) is 42.3. The summed E-state index contributed by atoms with van der Waals surface area (Å²) in [6.07, 6.45) is 0. The Morgan fingerprint density at radius 3 is 0.400 bits per heavy atom. The monoisotopic (exact) mass is 1830 g/mol. The number of rotatable bonds is 24. The fourth-order valence-corrected chi connectivity index (χ4v) is 26.3. The van der Waals surface area contributed by atoms with E-state index in [1.54, 1.807) is 56.9 Å². The summed E-state index contributed by atoms with van der Waals surface area (Å²) in [6.45, 7) is 0. The predicted octanol–water partition coefficient (Wildman–Crippen LogP) is 29.2. The Morgan fingerprint density at radius 1 is 0.146 bits per heavy atom. The van der Waals surface area contributed by atoms with Crippen LogP contribution < -0.4 is 58.8 Å². The molecule has 0 saturated heterocycles. The normalized spacial score (nSPS) is 11.4. The number of ether oxygens (including phenoxy) is 8. The standard InChI is InChI=1S/C114H82O8S8/c1-115-75-33-17-67(18-34-75)91-49-57-99(123-91)111(100-58-50-92(124-100)68-19-35-76(116-2)36-20-68)107-83-13-9-10-14-84(83)108(112(101-59-51-93(125-101)69-21-37-77(117-3)38-22-69)102-60-52-94(126-102)70-23-39-78(118-4)40-24-70)88-66-90-89(65-87(88)107)109(113(103-61-53-95(127-103)71-25-41-79(119-5)42-26-71)104-62-54-96(128-104)72-27-43-80(120-6)44-28-72)85-15-11-12-16-86(85)110(90)114(105-63-55-97(129-105)73-29-45-81(121-7)46-30-73)106-64-56-98(130-106)74-31-47-82(122-8)48-32-74/h9-66H,1-8H3. The fourth-order valence-electron chi connectivity index (χ4n) is 17.5. The Bertz CT molecular complexity index is 6780. The molecule has 0 bridgehead atoms. The first kappa shape index (κ1) is 83.3. The van der Waals surface area contributed by atoms with E-state index in [0.29, 0.717) is 0 Å². The van der Waals surface area contributed by atoms with Crippen LogP contribution in [0.5, 0.6) is 46.0 Å². The van der Waals surface area contributed by atoms with Crippen molar-refractivity contribution in [2.24, 2.45) is 0 Å². The molecule has 0 N–H and O–H groups in total. The molecule has 0 spiro atoms. The lowest BCUT2D eigenvalue weighted by atomic mass is 9.86. The smallest absolute Gasteiger partial charge is 0.118 e. The summed E-state index contributed by atoms with van der Waals surface area (Å²) in [7, 11) is 13.8. The lowest BCUT2D eigenvalue weighted by Crippen LogP contribution is -2.23. The van der Waals surface area contributed by atoms with Gasteiger partial charge in [-0.2, -0.15) is 0 Å². The molecule has 8 nitrogen and oxygen atoms in total. The van der Waals surface area contributed by atoms with Crippen molar-refractivity contribution in [2.45, 2.75) is 0 Å². The van der Waals surface area contributed by atoms with Gasteiger partial charge >= 0.3 is 0 Å². The summed E-state index contributed by atoms with van der Waals surface area (Å²) < 4.78 is 46.4. The average Bonchev–Trinajstić information content (AvgIpc) is 1.07. The van der Waals surface area contributed by atoms with Crippen LogP contribution in [0.3, 0.4) is 0 Å². The second-order valence-electron chi connectivity index (χ2n) is 31.2. The van der Waals surface area contributed by atoms with E-state index in [1.165, 1.54) is 0 Å². The average molecular weight is 1840 g/mol. The fraction of sp³-hybridized carbons (Fsp3) is 0.0702. The largest absolute Gasteiger partial charge is 0.497 e. The predicted molar refractivity (Wildman–Crippen MR) is 552 cm³/mol. The molecule has 21 aromatic rings. The van der Waals surface area contributed by atoms with Gasteiger partial charge in [0.05, 0.1) is 56.9 Å². The number of thiophene rings is 8. The third kappa shape index (κ3) is 15.9. The van der Waals surface area contributed by atoms with Crippen LogP contribution in [0.2, 0.25) is 0 Å². The molecule has 0 unspecified atom stereocenters. The van der Waals surface area contributed by atoms with Crippen molar-refractivity contribution < 1.29 is 37.9 Å². The van der Waals surface area contributed by atoms with E-state index in [1.807, 2.05) is 90.7 Å².